The van der Waals surface area contributed by atoms with Crippen molar-refractivity contribution in [2.45, 2.75) is 82.0 Å². The Morgan fingerprint density at radius 2 is 1.84 bits per heavy atom. The van der Waals surface area contributed by atoms with Gasteiger partial charge in [-0.3, -0.25) is 14.8 Å². The second kappa shape index (κ2) is 15.0. The highest BCUT2D eigenvalue weighted by Crippen LogP contribution is 2.43. The summed E-state index contributed by atoms with van der Waals surface area (Å²) in [5.41, 5.74) is -0.526. The fourth-order valence-electron chi connectivity index (χ4n) is 10.1. The van der Waals surface area contributed by atoms with Crippen LogP contribution >= 0.6 is 0 Å². The number of hydrogen-bond acceptors (Lipinski definition) is 10. The minimum Gasteiger partial charge on any atom is -0.461 e. The van der Waals surface area contributed by atoms with Crippen LogP contribution in [0.25, 0.3) is 32.9 Å². The van der Waals surface area contributed by atoms with Gasteiger partial charge in [0.25, 0.3) is 0 Å². The van der Waals surface area contributed by atoms with Crippen molar-refractivity contribution in [3.05, 3.63) is 82.8 Å². The van der Waals surface area contributed by atoms with E-state index in [1.54, 1.807) is 24.0 Å². The number of aromatic nitrogens is 3. The second-order valence-electron chi connectivity index (χ2n) is 17.2. The molecule has 8 heterocycles. The van der Waals surface area contributed by atoms with Crippen molar-refractivity contribution in [1.82, 2.24) is 30.1 Å². The summed E-state index contributed by atoms with van der Waals surface area (Å²) >= 11 is 0. The molecule has 3 fully saturated rings. The fourth-order valence-corrected chi connectivity index (χ4v) is 10.1. The number of fused-ring (bicyclic) bond motifs is 8. The third-order valence-corrected chi connectivity index (χ3v) is 12.8. The van der Waals surface area contributed by atoms with Gasteiger partial charge in [0.05, 0.1) is 29.6 Å². The van der Waals surface area contributed by atoms with E-state index < -0.39 is 53.1 Å². The van der Waals surface area contributed by atoms with Gasteiger partial charge in [0, 0.05) is 50.8 Å². The van der Waals surface area contributed by atoms with E-state index in [-0.39, 0.29) is 122 Å². The third kappa shape index (κ3) is 7.19. The molecular formula is C44H42F5N7O5. The molecule has 0 spiro atoms. The van der Waals surface area contributed by atoms with Crippen LogP contribution in [0, 0.1) is 17.5 Å². The molecule has 3 aromatic carbocycles. The maximum atomic E-state index is 17.6. The molecule has 17 heteroatoms. The topological polar surface area (TPSA) is 122 Å². The molecule has 0 radical (unpaired) electrons. The Morgan fingerprint density at radius 3 is 2.70 bits per heavy atom. The van der Waals surface area contributed by atoms with Crippen molar-refractivity contribution in [3.8, 4) is 23.0 Å². The predicted octanol–water partition coefficient (Wildman–Crippen LogP) is 7.71. The van der Waals surface area contributed by atoms with Crippen molar-refractivity contribution in [3.63, 3.8) is 0 Å². The van der Waals surface area contributed by atoms with E-state index in [0.717, 1.165) is 12.0 Å². The van der Waals surface area contributed by atoms with Gasteiger partial charge in [-0.05, 0) is 96.9 Å². The summed E-state index contributed by atoms with van der Waals surface area (Å²) in [6.07, 6.45) is -0.612. The van der Waals surface area contributed by atoms with Crippen LogP contribution in [0.5, 0.6) is 11.8 Å². The molecule has 2 amide bonds. The van der Waals surface area contributed by atoms with Crippen LogP contribution in [0.3, 0.4) is 0 Å². The number of alkyl carbamates (subject to hydrolysis) is 1. The number of piperidine rings is 1. The van der Waals surface area contributed by atoms with Crippen molar-refractivity contribution in [2.24, 2.45) is 0 Å². The number of rotatable bonds is 4. The van der Waals surface area contributed by atoms with E-state index in [0.29, 0.717) is 23.9 Å². The van der Waals surface area contributed by atoms with E-state index in [1.807, 2.05) is 0 Å². The number of ether oxygens (including phenoxy) is 3. The Labute approximate surface area is 347 Å². The summed E-state index contributed by atoms with van der Waals surface area (Å²) in [5.74, 6) is -1.84. The molecule has 0 saturated carbocycles. The maximum Gasteiger partial charge on any atom is 0.415 e. The van der Waals surface area contributed by atoms with Crippen LogP contribution in [-0.2, 0) is 24.2 Å². The summed E-state index contributed by atoms with van der Waals surface area (Å²) in [6.45, 7) is 2.81. The molecule has 3 saturated heterocycles. The molecule has 11 rings (SSSR count). The fraction of sp³-hybridized carbons (Fsp3) is 0.432. The number of alkyl halides is 2. The van der Waals surface area contributed by atoms with Gasteiger partial charge in [0.1, 0.15) is 53.4 Å². The highest BCUT2D eigenvalue weighted by Gasteiger charge is 2.49. The highest BCUT2D eigenvalue weighted by molar-refractivity contribution is 6.02. The van der Waals surface area contributed by atoms with Crippen LogP contribution in [0.15, 0.2) is 48.7 Å². The number of nitrogens with one attached hydrogen (secondary N) is 1. The number of anilines is 1. The zero-order valence-corrected chi connectivity index (χ0v) is 33.3. The van der Waals surface area contributed by atoms with Crippen LogP contribution in [0.1, 0.15) is 55.7 Å². The first kappa shape index (κ1) is 39.3. The van der Waals surface area contributed by atoms with Crippen molar-refractivity contribution < 1.29 is 45.8 Å². The van der Waals surface area contributed by atoms with Crippen molar-refractivity contribution in [1.29, 1.82) is 0 Å². The van der Waals surface area contributed by atoms with Gasteiger partial charge in [-0.1, -0.05) is 12.1 Å². The molecule has 318 valence electrons. The number of nitrogens with zero attached hydrogens (tertiary/aromatic N) is 6. The van der Waals surface area contributed by atoms with Crippen LogP contribution in [-0.4, -0.2) is 99.8 Å². The molecule has 1 N–H and O–H groups in total. The number of benzene rings is 3. The minimum atomic E-state index is -1.44. The van der Waals surface area contributed by atoms with Gasteiger partial charge < -0.3 is 24.4 Å². The zero-order valence-electron chi connectivity index (χ0n) is 33.3. The van der Waals surface area contributed by atoms with Crippen LogP contribution in [0.2, 0.25) is 0 Å². The molecule has 4 atom stereocenters. The number of amides is 2. The summed E-state index contributed by atoms with van der Waals surface area (Å²) in [4.78, 5) is 45.7. The summed E-state index contributed by atoms with van der Waals surface area (Å²) in [7, 11) is 0. The number of aryl methyl sites for hydroxylation is 1. The molecule has 0 unspecified atom stereocenters. The Balaban J connectivity index is 1.11. The molecule has 5 aromatic rings. The first-order valence-corrected chi connectivity index (χ1v) is 20.6. The van der Waals surface area contributed by atoms with E-state index in [9.17, 15) is 18.4 Å². The Hall–Kier alpha value is -5.84. The zero-order chi connectivity index (χ0) is 42.2. The van der Waals surface area contributed by atoms with Crippen LogP contribution in [0.4, 0.5) is 37.4 Å². The summed E-state index contributed by atoms with van der Waals surface area (Å²) in [6, 6.07) is 9.77. The number of pyridine rings is 1. The number of halogens is 5. The summed E-state index contributed by atoms with van der Waals surface area (Å²) in [5, 5.41) is 3.60. The van der Waals surface area contributed by atoms with Gasteiger partial charge in [-0.25, -0.2) is 31.5 Å². The quantitative estimate of drug-likeness (QED) is 0.180. The summed E-state index contributed by atoms with van der Waals surface area (Å²) < 4.78 is 95.6. The van der Waals surface area contributed by atoms with Gasteiger partial charge in [-0.15, -0.1) is 0 Å². The van der Waals surface area contributed by atoms with Gasteiger partial charge >= 0.3 is 18.2 Å². The molecule has 6 bridgehead atoms. The molecule has 6 aliphatic heterocycles. The predicted molar refractivity (Wildman–Crippen MR) is 213 cm³/mol. The van der Waals surface area contributed by atoms with Gasteiger partial charge in [0.15, 0.2) is 5.82 Å². The lowest BCUT2D eigenvalue weighted by molar-refractivity contribution is 0.107. The first-order chi connectivity index (χ1) is 29.3. The lowest BCUT2D eigenvalue weighted by Crippen LogP contribution is -2.60. The van der Waals surface area contributed by atoms with E-state index >= 15 is 13.2 Å². The van der Waals surface area contributed by atoms with Crippen molar-refractivity contribution in [2.75, 3.05) is 44.3 Å². The minimum absolute atomic E-state index is 0.0106. The van der Waals surface area contributed by atoms with Gasteiger partial charge in [-0.2, -0.15) is 9.97 Å². The second-order valence-corrected chi connectivity index (χ2v) is 17.2. The third-order valence-electron chi connectivity index (χ3n) is 12.8. The first-order valence-electron chi connectivity index (χ1n) is 20.6. The SMILES string of the molecule is C[C@@]12C[C@@H](F)CN(C1)c1nc(OC[C@@]34CCCN3C[C@H](F)C4)nc3c(F)c(ncc13)-c1cc(OC(=O)N3Cc4ccc(F)cc4C3)cc3ccc(F)c(c13)CCCOC(=O)N2. The Kier molecular flexibility index (Phi) is 9.64. The van der Waals surface area contributed by atoms with Gasteiger partial charge in [0.2, 0.25) is 0 Å². The lowest BCUT2D eigenvalue weighted by atomic mass is 9.90. The largest absolute Gasteiger partial charge is 0.461 e. The number of carbonyl (C=O) groups is 2. The molecular weight excluding hydrogens is 802 g/mol. The number of hydrogen-bond donors (Lipinski definition) is 1. The van der Waals surface area contributed by atoms with E-state index in [4.69, 9.17) is 19.2 Å². The average Bonchev–Trinajstić information content (AvgIpc) is 3.90. The normalized spacial score (nSPS) is 25.1. The van der Waals surface area contributed by atoms with E-state index in [2.05, 4.69) is 20.2 Å². The average molecular weight is 844 g/mol. The maximum absolute atomic E-state index is 17.6. The molecule has 61 heavy (non-hydrogen) atoms. The Bertz CT molecular complexity index is 2620. The Morgan fingerprint density at radius 1 is 1.00 bits per heavy atom. The molecule has 6 aliphatic rings. The lowest BCUT2D eigenvalue weighted by Gasteiger charge is -2.42. The smallest absolute Gasteiger partial charge is 0.415 e. The molecule has 0 aliphatic carbocycles. The van der Waals surface area contributed by atoms with E-state index in [1.165, 1.54) is 41.4 Å². The standard InChI is InChI=1S/C44H42F5N7O5/c1-43-15-28(46)20-55(22-43)39-33-17-50-37(36(49)38(33)51-40(52-39)60-23-44-9-3-10-56(44)21-29(47)16-44)32-14-30(61-42(58)54-18-25-5-7-27(45)12-26(25)19-54)13-24-6-8-34(48)31(35(24)32)4-2-11-59-41(57)53-43/h5-8,12-14,17,28-29H,2-4,9-11,15-16,18-23H2,1H3,(H,53,57)/t28-,29-,43-,44+/m1/s1. The molecule has 2 aromatic heterocycles. The van der Waals surface area contributed by atoms with Crippen molar-refractivity contribution >= 4 is 39.7 Å². The van der Waals surface area contributed by atoms with Crippen LogP contribution < -0.4 is 19.7 Å². The monoisotopic (exact) mass is 843 g/mol. The molecule has 12 nitrogen and oxygen atoms in total. The highest BCUT2D eigenvalue weighted by atomic mass is 19.1. The number of carbonyl (C=O) groups excluding carboxylic acids is 2.